The zero-order valence-electron chi connectivity index (χ0n) is 6.50. The molecule has 0 bridgehead atoms. The van der Waals surface area contributed by atoms with E-state index in [2.05, 4.69) is 14.1 Å². The number of rotatable bonds is 4. The Labute approximate surface area is 79.0 Å². The highest BCUT2D eigenvalue weighted by Crippen LogP contribution is 2.44. The summed E-state index contributed by atoms with van der Waals surface area (Å²) in [7, 11) is 0.558. The molecular formula is C4H4F4O5S. The Kier molecular flexibility index (Phi) is 4.58. The molecule has 0 aromatic carbocycles. The van der Waals surface area contributed by atoms with Crippen LogP contribution < -0.4 is 0 Å². The number of carbonyl (C=O) groups is 1. The third kappa shape index (κ3) is 2.70. The van der Waals surface area contributed by atoms with Gasteiger partial charge in [-0.2, -0.15) is 13.2 Å². The molecular weight excluding hydrogens is 236 g/mol. The lowest BCUT2D eigenvalue weighted by Gasteiger charge is -2.21. The number of halogens is 4. The summed E-state index contributed by atoms with van der Waals surface area (Å²) in [5.74, 6) is -2.23. The minimum atomic E-state index is -5.57. The van der Waals surface area contributed by atoms with Crippen LogP contribution in [0.4, 0.5) is 17.6 Å². The second kappa shape index (κ2) is 4.77. The predicted molar refractivity (Wildman–Crippen MR) is 34.3 cm³/mol. The largest absolute Gasteiger partial charge is 0.466 e. The molecule has 0 aliphatic heterocycles. The maximum atomic E-state index is 12.9. The first kappa shape index (κ1) is 13.4. The fourth-order valence-corrected chi connectivity index (χ4v) is 0.760. The lowest BCUT2D eigenvalue weighted by Crippen LogP contribution is -2.46. The van der Waals surface area contributed by atoms with Crippen molar-refractivity contribution in [3.05, 3.63) is 0 Å². The summed E-state index contributed by atoms with van der Waals surface area (Å²) in [4.78, 5) is 10.4. The maximum absolute atomic E-state index is 12.9. The van der Waals surface area contributed by atoms with Crippen LogP contribution in [-0.4, -0.2) is 29.5 Å². The third-order valence-corrected chi connectivity index (χ3v) is 1.75. The number of carbonyl (C=O) groups excluding carboxylic acids is 1. The van der Waals surface area contributed by atoms with Gasteiger partial charge in [0.1, 0.15) is 0 Å². The van der Waals surface area contributed by atoms with Crippen LogP contribution in [0.25, 0.3) is 0 Å². The monoisotopic (exact) mass is 240 g/mol. The molecule has 1 N–H and O–H groups in total. The van der Waals surface area contributed by atoms with E-state index in [1.54, 1.807) is 0 Å². The van der Waals surface area contributed by atoms with Crippen molar-refractivity contribution in [3.8, 4) is 0 Å². The zero-order chi connectivity index (χ0) is 11.4. The minimum absolute atomic E-state index is 0.558. The average Bonchev–Trinajstić information content (AvgIpc) is 2.10. The molecule has 1 unspecified atom stereocenters. The SMILES string of the molecule is COC(=O)C(F)(SOOO)C(F)(F)F. The molecule has 0 rings (SSSR count). The van der Waals surface area contributed by atoms with Crippen LogP contribution in [0.5, 0.6) is 0 Å². The van der Waals surface area contributed by atoms with E-state index in [0.717, 1.165) is 0 Å². The maximum Gasteiger partial charge on any atom is 0.446 e. The molecule has 0 aliphatic carbocycles. The van der Waals surface area contributed by atoms with Crippen LogP contribution in [0.3, 0.4) is 0 Å². The standard InChI is InChI=1S/C4H4F4O5S/c1-11-2(9)3(5,4(6,7)8)14-13-12-10/h10H,1H3. The predicted octanol–water partition coefficient (Wildman–Crippen LogP) is 1.46. The summed E-state index contributed by atoms with van der Waals surface area (Å²) in [6.07, 6.45) is -5.57. The lowest BCUT2D eigenvalue weighted by molar-refractivity contribution is -0.433. The number of hydrogen-bond donors (Lipinski definition) is 1. The molecule has 0 aromatic heterocycles. The van der Waals surface area contributed by atoms with E-state index >= 15 is 0 Å². The number of hydrogen-bond acceptors (Lipinski definition) is 6. The van der Waals surface area contributed by atoms with E-state index in [-0.39, 0.29) is 0 Å². The van der Waals surface area contributed by atoms with Crippen molar-refractivity contribution in [1.29, 1.82) is 0 Å². The van der Waals surface area contributed by atoms with Gasteiger partial charge in [0.05, 0.1) is 19.2 Å². The molecule has 0 aliphatic rings. The van der Waals surface area contributed by atoms with Gasteiger partial charge in [0.15, 0.2) is 0 Å². The Morgan fingerprint density at radius 1 is 1.36 bits per heavy atom. The second-order valence-corrected chi connectivity index (χ2v) is 2.68. The molecule has 0 saturated heterocycles. The van der Waals surface area contributed by atoms with Crippen LogP contribution in [0, 0.1) is 0 Å². The fourth-order valence-electron chi connectivity index (χ4n) is 0.390. The highest BCUT2D eigenvalue weighted by molar-refractivity contribution is 7.96. The van der Waals surface area contributed by atoms with E-state index in [9.17, 15) is 22.4 Å². The van der Waals surface area contributed by atoms with Gasteiger partial charge >= 0.3 is 17.1 Å². The molecule has 0 aromatic rings. The van der Waals surface area contributed by atoms with Crippen LogP contribution in [0.15, 0.2) is 0 Å². The average molecular weight is 240 g/mol. The van der Waals surface area contributed by atoms with Crippen LogP contribution >= 0.6 is 12.0 Å². The summed E-state index contributed by atoms with van der Waals surface area (Å²) in [5.41, 5.74) is 0. The Morgan fingerprint density at radius 2 is 1.86 bits per heavy atom. The fraction of sp³-hybridized carbons (Fsp3) is 0.750. The smallest absolute Gasteiger partial charge is 0.446 e. The molecule has 5 nitrogen and oxygen atoms in total. The molecule has 1 atom stereocenters. The van der Waals surface area contributed by atoms with Crippen molar-refractivity contribution in [2.75, 3.05) is 7.11 Å². The van der Waals surface area contributed by atoms with Gasteiger partial charge in [-0.1, -0.05) is 5.04 Å². The Bertz CT molecular complexity index is 208. The summed E-state index contributed by atoms with van der Waals surface area (Å²) in [6.45, 7) is 0. The first-order chi connectivity index (χ1) is 6.29. The van der Waals surface area contributed by atoms with Crippen LogP contribution in [-0.2, 0) is 18.9 Å². The number of methoxy groups -OCH3 is 1. The first-order valence-corrected chi connectivity index (χ1v) is 3.53. The summed E-state index contributed by atoms with van der Waals surface area (Å²) in [6, 6.07) is 0. The molecule has 14 heavy (non-hydrogen) atoms. The molecule has 10 heteroatoms. The molecule has 0 fully saturated rings. The van der Waals surface area contributed by atoms with E-state index in [1.807, 2.05) is 0 Å². The molecule has 0 saturated carbocycles. The summed E-state index contributed by atoms with van der Waals surface area (Å²) in [5, 5.41) is 5.81. The second-order valence-electron chi connectivity index (χ2n) is 1.81. The van der Waals surface area contributed by atoms with Crippen LogP contribution in [0.2, 0.25) is 0 Å². The van der Waals surface area contributed by atoms with Crippen molar-refractivity contribution in [2.24, 2.45) is 0 Å². The molecule has 84 valence electrons. The van der Waals surface area contributed by atoms with E-state index in [1.165, 1.54) is 0 Å². The minimum Gasteiger partial charge on any atom is -0.466 e. The molecule has 0 spiro atoms. The van der Waals surface area contributed by atoms with E-state index in [4.69, 9.17) is 5.26 Å². The lowest BCUT2D eigenvalue weighted by atomic mass is 10.4. The topological polar surface area (TPSA) is 65.0 Å². The van der Waals surface area contributed by atoms with Crippen molar-refractivity contribution >= 4 is 18.0 Å². The van der Waals surface area contributed by atoms with Gasteiger partial charge in [-0.3, -0.25) is 0 Å². The van der Waals surface area contributed by atoms with Crippen molar-refractivity contribution in [1.82, 2.24) is 0 Å². The molecule has 0 heterocycles. The number of ether oxygens (including phenoxy) is 1. The molecule has 0 amide bonds. The van der Waals surface area contributed by atoms with Crippen molar-refractivity contribution < 1.29 is 41.7 Å². The number of esters is 1. The van der Waals surface area contributed by atoms with Crippen LogP contribution in [0.1, 0.15) is 0 Å². The van der Waals surface area contributed by atoms with Gasteiger partial charge in [-0.25, -0.2) is 14.4 Å². The van der Waals surface area contributed by atoms with E-state index < -0.39 is 29.2 Å². The number of alkyl halides is 4. The summed E-state index contributed by atoms with van der Waals surface area (Å²) < 4.78 is 55.6. The highest BCUT2D eigenvalue weighted by Gasteiger charge is 2.65. The van der Waals surface area contributed by atoms with Gasteiger partial charge in [-0.05, 0) is 0 Å². The quantitative estimate of drug-likeness (QED) is 0.264. The Morgan fingerprint density at radius 3 is 2.14 bits per heavy atom. The van der Waals surface area contributed by atoms with Gasteiger partial charge in [0.25, 0.3) is 0 Å². The molecule has 0 radical (unpaired) electrons. The first-order valence-electron chi connectivity index (χ1n) is 2.79. The Hall–Kier alpha value is -0.580. The van der Waals surface area contributed by atoms with Gasteiger partial charge in [0.2, 0.25) is 0 Å². The van der Waals surface area contributed by atoms with Crippen molar-refractivity contribution in [2.45, 2.75) is 11.2 Å². The normalized spacial score (nSPS) is 16.1. The Balaban J connectivity index is 4.76. The van der Waals surface area contributed by atoms with Gasteiger partial charge < -0.3 is 4.74 Å². The third-order valence-electron chi connectivity index (χ3n) is 0.992. The van der Waals surface area contributed by atoms with E-state index in [0.29, 0.717) is 7.11 Å². The highest BCUT2D eigenvalue weighted by atomic mass is 32.2. The summed E-state index contributed by atoms with van der Waals surface area (Å²) >= 11 is -1.07. The van der Waals surface area contributed by atoms with Gasteiger partial charge in [0, 0.05) is 0 Å². The zero-order valence-corrected chi connectivity index (χ0v) is 7.32. The van der Waals surface area contributed by atoms with Crippen molar-refractivity contribution in [3.63, 3.8) is 0 Å². The van der Waals surface area contributed by atoms with Gasteiger partial charge in [-0.15, -0.1) is 4.33 Å².